The fourth-order valence-electron chi connectivity index (χ4n) is 2.39. The minimum atomic E-state index is 0.179. The first kappa shape index (κ1) is 17.0. The van der Waals surface area contributed by atoms with Crippen LogP contribution in [0.5, 0.6) is 5.75 Å². The topological polar surface area (TPSA) is 38.5 Å². The van der Waals surface area contributed by atoms with E-state index in [-0.39, 0.29) is 6.10 Å². The average molecular weight is 278 g/mol. The molecular formula is C17H30N2O. The average Bonchev–Trinajstić information content (AvgIpc) is 2.39. The van der Waals surface area contributed by atoms with Crippen molar-refractivity contribution in [3.05, 3.63) is 29.3 Å². The molecule has 1 aromatic rings. The van der Waals surface area contributed by atoms with E-state index in [1.54, 1.807) is 0 Å². The zero-order chi connectivity index (χ0) is 15.0. The maximum Gasteiger partial charge on any atom is 0.124 e. The third kappa shape index (κ3) is 5.51. The highest BCUT2D eigenvalue weighted by atomic mass is 16.5. The summed E-state index contributed by atoms with van der Waals surface area (Å²) < 4.78 is 5.88. The predicted octanol–water partition coefficient (Wildman–Crippen LogP) is 3.55. The minimum absolute atomic E-state index is 0.179. The molecule has 0 aliphatic heterocycles. The lowest BCUT2D eigenvalue weighted by molar-refractivity contribution is 0.238. The molecule has 0 spiro atoms. The molecule has 0 saturated carbocycles. The van der Waals surface area contributed by atoms with Gasteiger partial charge in [-0.05, 0) is 51.4 Å². The van der Waals surface area contributed by atoms with Crippen LogP contribution >= 0.6 is 0 Å². The zero-order valence-corrected chi connectivity index (χ0v) is 13.5. The number of hydrogen-bond donors (Lipinski definition) is 1. The van der Waals surface area contributed by atoms with Crippen molar-refractivity contribution in [1.29, 1.82) is 0 Å². The van der Waals surface area contributed by atoms with Gasteiger partial charge in [-0.25, -0.2) is 0 Å². The number of benzene rings is 1. The second kappa shape index (κ2) is 8.98. The van der Waals surface area contributed by atoms with Gasteiger partial charge in [0, 0.05) is 18.7 Å². The lowest BCUT2D eigenvalue weighted by atomic mass is 10.1. The summed E-state index contributed by atoms with van der Waals surface area (Å²) in [5, 5.41) is 0. The highest BCUT2D eigenvalue weighted by Gasteiger charge is 2.09. The molecule has 0 amide bonds. The molecule has 0 radical (unpaired) electrons. The molecular weight excluding hydrogens is 248 g/mol. The molecule has 20 heavy (non-hydrogen) atoms. The van der Waals surface area contributed by atoms with Crippen LogP contribution in [0.4, 0.5) is 0 Å². The van der Waals surface area contributed by atoms with Crippen molar-refractivity contribution in [2.24, 2.45) is 5.73 Å². The highest BCUT2D eigenvalue weighted by molar-refractivity contribution is 5.37. The number of ether oxygens (including phenoxy) is 1. The maximum absolute atomic E-state index is 5.88. The van der Waals surface area contributed by atoms with E-state index >= 15 is 0 Å². The molecule has 1 rings (SSSR count). The van der Waals surface area contributed by atoms with E-state index in [1.165, 1.54) is 18.4 Å². The summed E-state index contributed by atoms with van der Waals surface area (Å²) in [5.74, 6) is 0.938. The Balaban J connectivity index is 2.83. The van der Waals surface area contributed by atoms with E-state index in [1.807, 2.05) is 13.8 Å². The van der Waals surface area contributed by atoms with E-state index in [0.29, 0.717) is 6.54 Å². The molecule has 1 aromatic carbocycles. The molecule has 0 aliphatic carbocycles. The van der Waals surface area contributed by atoms with Gasteiger partial charge in [0.2, 0.25) is 0 Å². The Hall–Kier alpha value is -1.06. The smallest absolute Gasteiger partial charge is 0.124 e. The number of hydrogen-bond acceptors (Lipinski definition) is 3. The molecule has 0 unspecified atom stereocenters. The summed E-state index contributed by atoms with van der Waals surface area (Å²) in [6, 6.07) is 6.43. The van der Waals surface area contributed by atoms with Crippen LogP contribution in [0.15, 0.2) is 18.2 Å². The van der Waals surface area contributed by atoms with Gasteiger partial charge in [0.25, 0.3) is 0 Å². The van der Waals surface area contributed by atoms with Crippen molar-refractivity contribution < 1.29 is 4.74 Å². The predicted molar refractivity (Wildman–Crippen MR) is 86.0 cm³/mol. The molecule has 2 N–H and O–H groups in total. The second-order valence-electron chi connectivity index (χ2n) is 5.59. The van der Waals surface area contributed by atoms with Crippen LogP contribution in [0.1, 0.15) is 51.7 Å². The number of nitrogens with two attached hydrogens (primary N) is 1. The van der Waals surface area contributed by atoms with Gasteiger partial charge < -0.3 is 10.5 Å². The lowest BCUT2D eigenvalue weighted by Crippen LogP contribution is -2.25. The molecule has 0 saturated heterocycles. The molecule has 3 heteroatoms. The Kier molecular flexibility index (Phi) is 7.63. The van der Waals surface area contributed by atoms with E-state index in [4.69, 9.17) is 10.5 Å². The van der Waals surface area contributed by atoms with Crippen LogP contribution in [0.25, 0.3) is 0 Å². The van der Waals surface area contributed by atoms with Crippen LogP contribution in [-0.4, -0.2) is 24.1 Å². The molecule has 0 aromatic heterocycles. The molecule has 3 nitrogen and oxygen atoms in total. The van der Waals surface area contributed by atoms with Crippen molar-refractivity contribution in [3.8, 4) is 5.75 Å². The van der Waals surface area contributed by atoms with Gasteiger partial charge in [-0.15, -0.1) is 0 Å². The van der Waals surface area contributed by atoms with Gasteiger partial charge in [0.1, 0.15) is 5.75 Å². The van der Waals surface area contributed by atoms with Gasteiger partial charge in [-0.1, -0.05) is 26.0 Å². The SMILES string of the molecule is CCCN(CCC)Cc1ccc(CN)c(OC(C)C)c1. The molecule has 0 fully saturated rings. The minimum Gasteiger partial charge on any atom is -0.491 e. The zero-order valence-electron chi connectivity index (χ0n) is 13.5. The van der Waals surface area contributed by atoms with Crippen LogP contribution in [0.2, 0.25) is 0 Å². The Morgan fingerprint density at radius 2 is 1.80 bits per heavy atom. The van der Waals surface area contributed by atoms with Crippen molar-refractivity contribution >= 4 is 0 Å². The first-order valence-corrected chi connectivity index (χ1v) is 7.81. The Labute approximate surface area is 124 Å². The summed E-state index contributed by atoms with van der Waals surface area (Å²) in [6.07, 6.45) is 2.56. The Bertz CT molecular complexity index is 385. The molecule has 114 valence electrons. The second-order valence-corrected chi connectivity index (χ2v) is 5.59. The van der Waals surface area contributed by atoms with Gasteiger partial charge in [0.05, 0.1) is 6.10 Å². The molecule has 0 heterocycles. The van der Waals surface area contributed by atoms with Gasteiger partial charge in [-0.3, -0.25) is 4.90 Å². The van der Waals surface area contributed by atoms with Crippen LogP contribution in [-0.2, 0) is 13.1 Å². The Morgan fingerprint density at radius 1 is 1.15 bits per heavy atom. The summed E-state index contributed by atoms with van der Waals surface area (Å²) in [7, 11) is 0. The summed E-state index contributed by atoms with van der Waals surface area (Å²) >= 11 is 0. The normalized spacial score (nSPS) is 11.3. The van der Waals surface area contributed by atoms with Crippen molar-refractivity contribution in [2.75, 3.05) is 13.1 Å². The fourth-order valence-corrected chi connectivity index (χ4v) is 2.39. The standard InChI is InChI=1S/C17H30N2O/c1-5-9-19(10-6-2)13-15-7-8-16(12-18)17(11-15)20-14(3)4/h7-8,11,14H,5-6,9-10,12-13,18H2,1-4H3. The van der Waals surface area contributed by atoms with E-state index in [0.717, 1.165) is 30.9 Å². The first-order chi connectivity index (χ1) is 9.60. The van der Waals surface area contributed by atoms with Gasteiger partial charge in [-0.2, -0.15) is 0 Å². The largest absolute Gasteiger partial charge is 0.491 e. The van der Waals surface area contributed by atoms with E-state index in [9.17, 15) is 0 Å². The number of nitrogens with zero attached hydrogens (tertiary/aromatic N) is 1. The molecule has 0 atom stereocenters. The van der Waals surface area contributed by atoms with Gasteiger partial charge in [0.15, 0.2) is 0 Å². The third-order valence-electron chi connectivity index (χ3n) is 3.20. The molecule has 0 aliphatic rings. The van der Waals surface area contributed by atoms with Crippen LogP contribution < -0.4 is 10.5 Å². The van der Waals surface area contributed by atoms with Gasteiger partial charge >= 0.3 is 0 Å². The van der Waals surface area contributed by atoms with Crippen molar-refractivity contribution in [2.45, 2.75) is 59.7 Å². The fraction of sp³-hybridized carbons (Fsp3) is 0.647. The highest BCUT2D eigenvalue weighted by Crippen LogP contribution is 2.22. The van der Waals surface area contributed by atoms with E-state index in [2.05, 4.69) is 36.9 Å². The van der Waals surface area contributed by atoms with Crippen LogP contribution in [0, 0.1) is 0 Å². The lowest BCUT2D eigenvalue weighted by Gasteiger charge is -2.22. The quantitative estimate of drug-likeness (QED) is 0.750. The Morgan fingerprint density at radius 3 is 2.30 bits per heavy atom. The summed E-state index contributed by atoms with van der Waals surface area (Å²) in [6.45, 7) is 12.4. The summed E-state index contributed by atoms with van der Waals surface area (Å²) in [5.41, 5.74) is 8.17. The van der Waals surface area contributed by atoms with Crippen molar-refractivity contribution in [1.82, 2.24) is 4.90 Å². The van der Waals surface area contributed by atoms with Crippen molar-refractivity contribution in [3.63, 3.8) is 0 Å². The number of rotatable bonds is 9. The maximum atomic E-state index is 5.88. The third-order valence-corrected chi connectivity index (χ3v) is 3.20. The van der Waals surface area contributed by atoms with Crippen LogP contribution in [0.3, 0.4) is 0 Å². The first-order valence-electron chi connectivity index (χ1n) is 7.81. The monoisotopic (exact) mass is 278 g/mol. The summed E-state index contributed by atoms with van der Waals surface area (Å²) in [4.78, 5) is 2.50. The van der Waals surface area contributed by atoms with E-state index < -0.39 is 0 Å². The molecule has 0 bridgehead atoms.